The van der Waals surface area contributed by atoms with E-state index in [0.717, 1.165) is 10.9 Å². The van der Waals surface area contributed by atoms with E-state index in [1.165, 1.54) is 12.1 Å². The van der Waals surface area contributed by atoms with Crippen LogP contribution in [0.2, 0.25) is 0 Å². The number of nitrogens with one attached hydrogen (secondary N) is 1. The number of benzene rings is 1. The second-order valence-electron chi connectivity index (χ2n) is 3.93. The zero-order valence-electron chi connectivity index (χ0n) is 9.92. The van der Waals surface area contributed by atoms with Gasteiger partial charge in [0.15, 0.2) is 0 Å². The number of nitrogens with zero attached hydrogens (tertiary/aromatic N) is 2. The SMILES string of the molecule is CNC(=O)CCn1ccc2cc([N+](=O)[O-])ccc21. The van der Waals surface area contributed by atoms with Gasteiger partial charge in [0.05, 0.1) is 4.92 Å². The molecule has 0 aliphatic heterocycles. The minimum absolute atomic E-state index is 0.0289. The Labute approximate surface area is 103 Å². The number of nitro groups is 1. The van der Waals surface area contributed by atoms with E-state index in [2.05, 4.69) is 5.32 Å². The van der Waals surface area contributed by atoms with Gasteiger partial charge in [-0.25, -0.2) is 0 Å². The minimum atomic E-state index is -0.415. The topological polar surface area (TPSA) is 77.2 Å². The Balaban J connectivity index is 2.26. The Kier molecular flexibility index (Phi) is 3.27. The smallest absolute Gasteiger partial charge is 0.270 e. The van der Waals surface area contributed by atoms with Crippen LogP contribution in [0.15, 0.2) is 30.5 Å². The third-order valence-electron chi connectivity index (χ3n) is 2.82. The molecule has 0 spiro atoms. The summed E-state index contributed by atoms with van der Waals surface area (Å²) in [6.45, 7) is 0.557. The summed E-state index contributed by atoms with van der Waals surface area (Å²) in [5, 5.41) is 14.0. The number of nitro benzene ring substituents is 1. The number of hydrogen-bond donors (Lipinski definition) is 1. The number of aromatic nitrogens is 1. The fourth-order valence-electron chi connectivity index (χ4n) is 1.84. The van der Waals surface area contributed by atoms with Crippen LogP contribution in [-0.4, -0.2) is 22.4 Å². The van der Waals surface area contributed by atoms with Gasteiger partial charge in [0, 0.05) is 49.2 Å². The molecule has 0 radical (unpaired) electrons. The van der Waals surface area contributed by atoms with E-state index >= 15 is 0 Å². The van der Waals surface area contributed by atoms with E-state index in [9.17, 15) is 14.9 Å². The van der Waals surface area contributed by atoms with Crippen molar-refractivity contribution in [3.8, 4) is 0 Å². The molecule has 1 amide bonds. The van der Waals surface area contributed by atoms with Crippen LogP contribution in [0.25, 0.3) is 10.9 Å². The molecule has 0 bridgehead atoms. The number of amides is 1. The van der Waals surface area contributed by atoms with Crippen molar-refractivity contribution in [3.05, 3.63) is 40.6 Å². The summed E-state index contributed by atoms with van der Waals surface area (Å²) < 4.78 is 1.91. The normalized spacial score (nSPS) is 10.5. The van der Waals surface area contributed by atoms with E-state index in [1.54, 1.807) is 13.1 Å². The maximum absolute atomic E-state index is 11.2. The van der Waals surface area contributed by atoms with Crippen LogP contribution >= 0.6 is 0 Å². The van der Waals surface area contributed by atoms with Gasteiger partial charge in [0.1, 0.15) is 0 Å². The minimum Gasteiger partial charge on any atom is -0.359 e. The lowest BCUT2D eigenvalue weighted by molar-refractivity contribution is -0.384. The van der Waals surface area contributed by atoms with Gasteiger partial charge in [-0.1, -0.05) is 0 Å². The van der Waals surface area contributed by atoms with Gasteiger partial charge in [0.25, 0.3) is 5.69 Å². The van der Waals surface area contributed by atoms with Gasteiger partial charge in [-0.15, -0.1) is 0 Å². The highest BCUT2D eigenvalue weighted by molar-refractivity contribution is 5.83. The third kappa shape index (κ3) is 2.32. The summed E-state index contributed by atoms with van der Waals surface area (Å²) in [5.74, 6) is -0.0289. The van der Waals surface area contributed by atoms with Gasteiger partial charge >= 0.3 is 0 Å². The first-order valence-electron chi connectivity index (χ1n) is 5.55. The molecule has 0 unspecified atom stereocenters. The predicted octanol–water partition coefficient (Wildman–Crippen LogP) is 1.69. The van der Waals surface area contributed by atoms with E-state index in [-0.39, 0.29) is 11.6 Å². The van der Waals surface area contributed by atoms with Crippen molar-refractivity contribution in [2.75, 3.05) is 7.05 Å². The molecule has 18 heavy (non-hydrogen) atoms. The summed E-state index contributed by atoms with van der Waals surface area (Å²) in [6, 6.07) is 6.52. The summed E-state index contributed by atoms with van der Waals surface area (Å²) in [4.78, 5) is 21.4. The molecule has 1 aromatic heterocycles. The lowest BCUT2D eigenvalue weighted by Gasteiger charge is -2.04. The molecular weight excluding hydrogens is 234 g/mol. The molecular formula is C12H13N3O3. The van der Waals surface area contributed by atoms with Crippen molar-refractivity contribution < 1.29 is 9.72 Å². The van der Waals surface area contributed by atoms with Crippen molar-refractivity contribution in [3.63, 3.8) is 0 Å². The Morgan fingerprint density at radius 1 is 1.44 bits per heavy atom. The zero-order valence-corrected chi connectivity index (χ0v) is 9.92. The second-order valence-corrected chi connectivity index (χ2v) is 3.93. The van der Waals surface area contributed by atoms with Gasteiger partial charge in [-0.2, -0.15) is 0 Å². The highest BCUT2D eigenvalue weighted by Gasteiger charge is 2.09. The molecule has 6 nitrogen and oxygen atoms in total. The number of carbonyl (C=O) groups excluding carboxylic acids is 1. The van der Waals surface area contributed by atoms with Crippen LogP contribution in [0.4, 0.5) is 5.69 Å². The van der Waals surface area contributed by atoms with Crippen LogP contribution in [0, 0.1) is 10.1 Å². The maximum atomic E-state index is 11.2. The maximum Gasteiger partial charge on any atom is 0.270 e. The van der Waals surface area contributed by atoms with E-state index in [0.29, 0.717) is 13.0 Å². The Morgan fingerprint density at radius 2 is 2.22 bits per heavy atom. The van der Waals surface area contributed by atoms with Crippen molar-refractivity contribution >= 4 is 22.5 Å². The molecule has 1 heterocycles. The van der Waals surface area contributed by atoms with Crippen LogP contribution in [0.5, 0.6) is 0 Å². The zero-order chi connectivity index (χ0) is 13.1. The fourth-order valence-corrected chi connectivity index (χ4v) is 1.84. The third-order valence-corrected chi connectivity index (χ3v) is 2.82. The second kappa shape index (κ2) is 4.87. The first-order valence-corrected chi connectivity index (χ1v) is 5.55. The van der Waals surface area contributed by atoms with Crippen molar-refractivity contribution in [1.82, 2.24) is 9.88 Å². The van der Waals surface area contributed by atoms with Gasteiger partial charge in [-0.05, 0) is 12.1 Å². The molecule has 0 aliphatic rings. The Hall–Kier alpha value is -2.37. The van der Waals surface area contributed by atoms with E-state index < -0.39 is 4.92 Å². The Bertz CT molecular complexity index is 604. The van der Waals surface area contributed by atoms with E-state index in [1.807, 2.05) is 16.8 Å². The van der Waals surface area contributed by atoms with Crippen molar-refractivity contribution in [2.45, 2.75) is 13.0 Å². The number of aryl methyl sites for hydroxylation is 1. The van der Waals surface area contributed by atoms with Gasteiger partial charge in [-0.3, -0.25) is 14.9 Å². The molecule has 0 saturated carbocycles. The molecule has 6 heteroatoms. The number of fused-ring (bicyclic) bond motifs is 1. The largest absolute Gasteiger partial charge is 0.359 e. The van der Waals surface area contributed by atoms with Crippen LogP contribution in [-0.2, 0) is 11.3 Å². The quantitative estimate of drug-likeness (QED) is 0.659. The summed E-state index contributed by atoms with van der Waals surface area (Å²) >= 11 is 0. The summed E-state index contributed by atoms with van der Waals surface area (Å²) in [7, 11) is 1.60. The standard InChI is InChI=1S/C12H13N3O3/c1-13-12(16)5-7-14-6-4-9-8-10(15(17)18)2-3-11(9)14/h2-4,6,8H,5,7H2,1H3,(H,13,16). The van der Waals surface area contributed by atoms with Crippen molar-refractivity contribution in [1.29, 1.82) is 0 Å². The van der Waals surface area contributed by atoms with Crippen LogP contribution < -0.4 is 5.32 Å². The lowest BCUT2D eigenvalue weighted by atomic mass is 10.2. The molecule has 0 aliphatic carbocycles. The first kappa shape index (κ1) is 12.1. The average molecular weight is 247 g/mol. The van der Waals surface area contributed by atoms with Crippen LogP contribution in [0.1, 0.15) is 6.42 Å². The molecule has 0 saturated heterocycles. The molecule has 94 valence electrons. The van der Waals surface area contributed by atoms with Gasteiger partial charge in [0.2, 0.25) is 5.91 Å². The lowest BCUT2D eigenvalue weighted by Crippen LogP contribution is -2.19. The summed E-state index contributed by atoms with van der Waals surface area (Å²) in [6.07, 6.45) is 2.22. The van der Waals surface area contributed by atoms with Gasteiger partial charge < -0.3 is 9.88 Å². The number of non-ortho nitro benzene ring substituents is 1. The molecule has 0 atom stereocenters. The Morgan fingerprint density at radius 3 is 2.89 bits per heavy atom. The predicted molar refractivity (Wildman–Crippen MR) is 67.3 cm³/mol. The molecule has 2 aromatic rings. The highest BCUT2D eigenvalue weighted by atomic mass is 16.6. The van der Waals surface area contributed by atoms with E-state index in [4.69, 9.17) is 0 Å². The molecule has 0 fully saturated rings. The fraction of sp³-hybridized carbons (Fsp3) is 0.250. The molecule has 1 aromatic carbocycles. The number of hydrogen-bond acceptors (Lipinski definition) is 3. The van der Waals surface area contributed by atoms with Crippen LogP contribution in [0.3, 0.4) is 0 Å². The molecule has 1 N–H and O–H groups in total. The molecule has 2 rings (SSSR count). The average Bonchev–Trinajstić information content (AvgIpc) is 2.78. The highest BCUT2D eigenvalue weighted by Crippen LogP contribution is 2.22. The first-order chi connectivity index (χ1) is 8.61. The number of rotatable bonds is 4. The number of carbonyl (C=O) groups is 1. The van der Waals surface area contributed by atoms with Crippen molar-refractivity contribution in [2.24, 2.45) is 0 Å². The monoisotopic (exact) mass is 247 g/mol. The summed E-state index contributed by atoms with van der Waals surface area (Å²) in [5.41, 5.74) is 0.969.